The molecule has 0 bridgehead atoms. The Morgan fingerprint density at radius 1 is 1.00 bits per heavy atom. The first-order valence-electron chi connectivity index (χ1n) is 6.03. The van der Waals surface area contributed by atoms with Crippen LogP contribution in [0.15, 0.2) is 0 Å². The molecule has 0 saturated heterocycles. The van der Waals surface area contributed by atoms with Gasteiger partial charge < -0.3 is 4.48 Å². The van der Waals surface area contributed by atoms with Crippen molar-refractivity contribution in [1.82, 2.24) is 0 Å². The first-order chi connectivity index (χ1) is 6.19. The normalized spacial score (nSPS) is 18.0. The summed E-state index contributed by atoms with van der Waals surface area (Å²) in [4.78, 5) is 0. The third kappa shape index (κ3) is 2.98. The number of nitrogens with zero attached hydrogens (tertiary/aromatic N) is 1. The van der Waals surface area contributed by atoms with E-state index >= 15 is 0 Å². The molecule has 0 aromatic carbocycles. The standard InChI is InChI=1S/C13H30N/c1-9-14(8,10-2)12(4)11(3)13(5,6)7/h11-12H,9-10H2,1-8H3/q+1. The fourth-order valence-electron chi connectivity index (χ4n) is 2.06. The van der Waals surface area contributed by atoms with Crippen molar-refractivity contribution in [2.24, 2.45) is 11.3 Å². The predicted molar refractivity (Wildman–Crippen MR) is 65.3 cm³/mol. The van der Waals surface area contributed by atoms with Gasteiger partial charge in [-0.05, 0) is 26.2 Å². The van der Waals surface area contributed by atoms with Gasteiger partial charge in [0, 0.05) is 5.92 Å². The van der Waals surface area contributed by atoms with Crippen molar-refractivity contribution in [2.75, 3.05) is 20.1 Å². The molecule has 0 rings (SSSR count). The first-order valence-corrected chi connectivity index (χ1v) is 6.03. The van der Waals surface area contributed by atoms with Gasteiger partial charge >= 0.3 is 0 Å². The van der Waals surface area contributed by atoms with Crippen LogP contribution in [0.5, 0.6) is 0 Å². The van der Waals surface area contributed by atoms with Crippen LogP contribution < -0.4 is 0 Å². The van der Waals surface area contributed by atoms with Gasteiger partial charge in [-0.3, -0.25) is 0 Å². The van der Waals surface area contributed by atoms with E-state index in [0.717, 1.165) is 12.0 Å². The summed E-state index contributed by atoms with van der Waals surface area (Å²) in [6.07, 6.45) is 0. The second kappa shape index (κ2) is 4.65. The first kappa shape index (κ1) is 14.0. The van der Waals surface area contributed by atoms with Crippen LogP contribution in [0.25, 0.3) is 0 Å². The average Bonchev–Trinajstić information content (AvgIpc) is 2.12. The quantitative estimate of drug-likeness (QED) is 0.609. The highest BCUT2D eigenvalue weighted by Crippen LogP contribution is 2.32. The molecule has 14 heavy (non-hydrogen) atoms. The third-order valence-electron chi connectivity index (χ3n) is 4.52. The topological polar surface area (TPSA) is 0 Å². The van der Waals surface area contributed by atoms with Gasteiger partial charge in [0.25, 0.3) is 0 Å². The molecule has 0 aliphatic heterocycles. The molecule has 0 aliphatic carbocycles. The van der Waals surface area contributed by atoms with Crippen LogP contribution in [0, 0.1) is 11.3 Å². The van der Waals surface area contributed by atoms with Gasteiger partial charge in [-0.2, -0.15) is 0 Å². The van der Waals surface area contributed by atoms with Crippen molar-refractivity contribution in [3.05, 3.63) is 0 Å². The lowest BCUT2D eigenvalue weighted by Crippen LogP contribution is -2.55. The molecule has 0 fully saturated rings. The Balaban J connectivity index is 4.67. The molecular formula is C13H30N+. The van der Waals surface area contributed by atoms with E-state index in [9.17, 15) is 0 Å². The minimum absolute atomic E-state index is 0.420. The van der Waals surface area contributed by atoms with E-state index in [4.69, 9.17) is 0 Å². The Bertz CT molecular complexity index is 163. The number of quaternary nitrogens is 1. The Morgan fingerprint density at radius 3 is 1.57 bits per heavy atom. The molecule has 86 valence electrons. The third-order valence-corrected chi connectivity index (χ3v) is 4.52. The Hall–Kier alpha value is -0.0400. The number of rotatable bonds is 4. The lowest BCUT2D eigenvalue weighted by Gasteiger charge is -2.45. The molecule has 0 heterocycles. The van der Waals surface area contributed by atoms with Crippen LogP contribution in [0.4, 0.5) is 0 Å². The summed E-state index contributed by atoms with van der Waals surface area (Å²) >= 11 is 0. The maximum atomic E-state index is 2.41. The van der Waals surface area contributed by atoms with Crippen LogP contribution >= 0.6 is 0 Å². The van der Waals surface area contributed by atoms with Gasteiger partial charge in [-0.15, -0.1) is 0 Å². The summed E-state index contributed by atoms with van der Waals surface area (Å²) in [6, 6.07) is 0.741. The van der Waals surface area contributed by atoms with Crippen LogP contribution in [0.2, 0.25) is 0 Å². The maximum Gasteiger partial charge on any atom is 0.0890 e. The van der Waals surface area contributed by atoms with Crippen molar-refractivity contribution in [3.63, 3.8) is 0 Å². The monoisotopic (exact) mass is 200 g/mol. The van der Waals surface area contributed by atoms with E-state index in [2.05, 4.69) is 55.5 Å². The second-order valence-corrected chi connectivity index (χ2v) is 6.01. The van der Waals surface area contributed by atoms with Crippen molar-refractivity contribution in [1.29, 1.82) is 0 Å². The van der Waals surface area contributed by atoms with Gasteiger partial charge in [0.2, 0.25) is 0 Å². The highest BCUT2D eigenvalue weighted by atomic mass is 15.3. The van der Waals surface area contributed by atoms with Crippen LogP contribution in [0.3, 0.4) is 0 Å². The summed E-state index contributed by atoms with van der Waals surface area (Å²) in [5.41, 5.74) is 0.420. The second-order valence-electron chi connectivity index (χ2n) is 6.01. The summed E-state index contributed by atoms with van der Waals surface area (Å²) in [7, 11) is 2.38. The molecule has 0 aromatic rings. The van der Waals surface area contributed by atoms with Crippen LogP contribution in [-0.4, -0.2) is 30.7 Å². The minimum Gasteiger partial charge on any atom is -0.324 e. The highest BCUT2D eigenvalue weighted by Gasteiger charge is 2.36. The highest BCUT2D eigenvalue weighted by molar-refractivity contribution is 4.75. The van der Waals surface area contributed by atoms with Gasteiger partial charge in [0.1, 0.15) is 0 Å². The molecule has 0 amide bonds. The Labute approximate surface area is 91.1 Å². The molecule has 0 saturated carbocycles. The maximum absolute atomic E-state index is 2.41. The Kier molecular flexibility index (Phi) is 4.64. The molecule has 1 nitrogen and oxygen atoms in total. The van der Waals surface area contributed by atoms with Gasteiger partial charge in [0.05, 0.1) is 26.2 Å². The lowest BCUT2D eigenvalue weighted by atomic mass is 9.77. The Morgan fingerprint density at radius 2 is 1.36 bits per heavy atom. The largest absolute Gasteiger partial charge is 0.324 e. The zero-order valence-electron chi connectivity index (χ0n) is 11.5. The summed E-state index contributed by atoms with van der Waals surface area (Å²) in [5, 5.41) is 0. The van der Waals surface area contributed by atoms with Crippen molar-refractivity contribution < 1.29 is 4.48 Å². The van der Waals surface area contributed by atoms with E-state index < -0.39 is 0 Å². The number of hydrogen-bond donors (Lipinski definition) is 0. The zero-order valence-corrected chi connectivity index (χ0v) is 11.5. The van der Waals surface area contributed by atoms with Gasteiger partial charge in [-0.1, -0.05) is 27.7 Å². The van der Waals surface area contributed by atoms with Crippen molar-refractivity contribution in [3.8, 4) is 0 Å². The molecule has 0 N–H and O–H groups in total. The van der Waals surface area contributed by atoms with E-state index in [1.165, 1.54) is 17.6 Å². The molecule has 1 heteroatoms. The molecule has 2 atom stereocenters. The molecule has 0 radical (unpaired) electrons. The molecule has 2 unspecified atom stereocenters. The number of hydrogen-bond acceptors (Lipinski definition) is 0. The average molecular weight is 200 g/mol. The molecule has 0 aromatic heterocycles. The summed E-state index contributed by atoms with van der Waals surface area (Å²) < 4.78 is 1.19. The lowest BCUT2D eigenvalue weighted by molar-refractivity contribution is -0.932. The van der Waals surface area contributed by atoms with E-state index in [1.54, 1.807) is 0 Å². The minimum atomic E-state index is 0.420. The molecule has 0 spiro atoms. The van der Waals surface area contributed by atoms with Gasteiger partial charge in [0.15, 0.2) is 0 Å². The van der Waals surface area contributed by atoms with E-state index in [0.29, 0.717) is 5.41 Å². The fourth-order valence-corrected chi connectivity index (χ4v) is 2.06. The molecule has 0 aliphatic rings. The van der Waals surface area contributed by atoms with E-state index in [-0.39, 0.29) is 0 Å². The van der Waals surface area contributed by atoms with E-state index in [1.807, 2.05) is 0 Å². The van der Waals surface area contributed by atoms with Crippen molar-refractivity contribution in [2.45, 2.75) is 54.5 Å². The molecular weight excluding hydrogens is 170 g/mol. The summed E-state index contributed by atoms with van der Waals surface area (Å²) in [5.74, 6) is 0.757. The smallest absolute Gasteiger partial charge is 0.0890 e. The fraction of sp³-hybridized carbons (Fsp3) is 1.00. The van der Waals surface area contributed by atoms with Gasteiger partial charge in [-0.25, -0.2) is 0 Å². The summed E-state index contributed by atoms with van der Waals surface area (Å²) in [6.45, 7) is 18.9. The van der Waals surface area contributed by atoms with Crippen LogP contribution in [-0.2, 0) is 0 Å². The SMILES string of the molecule is CC[N+](C)(CC)C(C)C(C)C(C)(C)C. The predicted octanol–water partition coefficient (Wildman–Crippen LogP) is 3.54. The zero-order chi connectivity index (χ0) is 11.6. The van der Waals surface area contributed by atoms with Crippen molar-refractivity contribution >= 4 is 0 Å². The van der Waals surface area contributed by atoms with Crippen LogP contribution in [0.1, 0.15) is 48.5 Å².